The molecule has 1 saturated heterocycles. The molecule has 0 unspecified atom stereocenters. The van der Waals surface area contributed by atoms with Gasteiger partial charge in [0.05, 0.1) is 0 Å². The maximum atomic E-state index is 12.5. The first-order chi connectivity index (χ1) is 10.5. The molecule has 22 heavy (non-hydrogen) atoms. The molecule has 1 aliphatic carbocycles. The monoisotopic (exact) mass is 315 g/mol. The lowest BCUT2D eigenvalue weighted by atomic mass is 10.0. The first-order valence-electron chi connectivity index (χ1n) is 7.71. The number of halogens is 3. The van der Waals surface area contributed by atoms with Crippen LogP contribution >= 0.6 is 0 Å². The lowest BCUT2D eigenvalue weighted by Gasteiger charge is -2.23. The van der Waals surface area contributed by atoms with Crippen LogP contribution in [-0.4, -0.2) is 25.6 Å². The maximum absolute atomic E-state index is 12.5. The number of alkyl halides is 3. The largest absolute Gasteiger partial charge is 0.573 e. The van der Waals surface area contributed by atoms with Crippen LogP contribution in [0.1, 0.15) is 42.7 Å². The second-order valence-electron chi connectivity index (χ2n) is 5.96. The van der Waals surface area contributed by atoms with Crippen LogP contribution < -0.4 is 10.1 Å². The highest BCUT2D eigenvalue weighted by Crippen LogP contribution is 2.45. The van der Waals surface area contributed by atoms with Crippen molar-refractivity contribution in [2.45, 2.75) is 50.6 Å². The third kappa shape index (κ3) is 4.36. The van der Waals surface area contributed by atoms with E-state index in [0.29, 0.717) is 18.2 Å². The van der Waals surface area contributed by atoms with Gasteiger partial charge in [0.2, 0.25) is 0 Å². The minimum atomic E-state index is -4.63. The van der Waals surface area contributed by atoms with Crippen molar-refractivity contribution in [2.75, 3.05) is 13.2 Å². The minimum absolute atomic E-state index is 0.0511. The van der Waals surface area contributed by atoms with E-state index in [9.17, 15) is 13.2 Å². The van der Waals surface area contributed by atoms with Crippen LogP contribution in [0, 0.1) is 0 Å². The lowest BCUT2D eigenvalue weighted by Crippen LogP contribution is -2.34. The fraction of sp³-hybridized carbons (Fsp3) is 0.625. The molecule has 0 amide bonds. The van der Waals surface area contributed by atoms with Gasteiger partial charge in [-0.3, -0.25) is 0 Å². The van der Waals surface area contributed by atoms with Crippen molar-refractivity contribution in [2.24, 2.45) is 0 Å². The van der Waals surface area contributed by atoms with E-state index < -0.39 is 6.36 Å². The van der Waals surface area contributed by atoms with Gasteiger partial charge in [-0.15, -0.1) is 13.2 Å². The highest BCUT2D eigenvalue weighted by Gasteiger charge is 2.35. The number of rotatable bonds is 5. The Hall–Kier alpha value is -1.27. The second-order valence-corrected chi connectivity index (χ2v) is 5.96. The molecule has 1 aromatic rings. The molecule has 1 heterocycles. The summed E-state index contributed by atoms with van der Waals surface area (Å²) >= 11 is 0. The van der Waals surface area contributed by atoms with E-state index in [1.165, 1.54) is 6.07 Å². The van der Waals surface area contributed by atoms with Crippen LogP contribution in [-0.2, 0) is 11.3 Å². The third-order valence-electron chi connectivity index (χ3n) is 4.13. The summed E-state index contributed by atoms with van der Waals surface area (Å²) < 4.78 is 46.8. The van der Waals surface area contributed by atoms with E-state index in [2.05, 4.69) is 10.1 Å². The lowest BCUT2D eigenvalue weighted by molar-refractivity contribution is -0.274. The van der Waals surface area contributed by atoms with E-state index in [1.54, 1.807) is 6.07 Å². The second kappa shape index (κ2) is 6.46. The molecular formula is C16H20F3NO2. The molecule has 1 N–H and O–H groups in total. The molecule has 3 nitrogen and oxygen atoms in total. The van der Waals surface area contributed by atoms with Crippen molar-refractivity contribution in [1.82, 2.24) is 5.32 Å². The summed E-state index contributed by atoms with van der Waals surface area (Å²) in [6.45, 7) is 2.20. The number of benzene rings is 1. The summed E-state index contributed by atoms with van der Waals surface area (Å²) in [6.07, 6.45) is -0.808. The standard InChI is InChI=1S/C16H20F3NO2/c17-16(18,19)22-15-4-1-11(9-14(15)12-2-3-12)10-20-13-5-7-21-8-6-13/h1,4,9,12-13,20H,2-3,5-8,10H2. The molecule has 6 heteroatoms. The normalized spacial score (nSPS) is 20.1. The molecule has 0 bridgehead atoms. The summed E-state index contributed by atoms with van der Waals surface area (Å²) in [5, 5.41) is 3.45. The molecule has 0 radical (unpaired) electrons. The van der Waals surface area contributed by atoms with Crippen LogP contribution in [0.15, 0.2) is 18.2 Å². The molecule has 1 aliphatic heterocycles. The molecule has 122 valence electrons. The Balaban J connectivity index is 1.66. The average molecular weight is 315 g/mol. The van der Waals surface area contributed by atoms with Crippen LogP contribution in [0.2, 0.25) is 0 Å². The molecule has 1 aromatic carbocycles. The summed E-state index contributed by atoms with van der Waals surface area (Å²) in [4.78, 5) is 0. The predicted molar refractivity (Wildman–Crippen MR) is 75.8 cm³/mol. The summed E-state index contributed by atoms with van der Waals surface area (Å²) in [7, 11) is 0. The molecule has 3 rings (SSSR count). The molecular weight excluding hydrogens is 295 g/mol. The van der Waals surface area contributed by atoms with E-state index >= 15 is 0 Å². The zero-order valence-electron chi connectivity index (χ0n) is 12.3. The Morgan fingerprint density at radius 1 is 1.14 bits per heavy atom. The fourth-order valence-electron chi connectivity index (χ4n) is 2.80. The van der Waals surface area contributed by atoms with Crippen LogP contribution in [0.5, 0.6) is 5.75 Å². The van der Waals surface area contributed by atoms with Gasteiger partial charge in [-0.1, -0.05) is 12.1 Å². The Morgan fingerprint density at radius 3 is 2.50 bits per heavy atom. The van der Waals surface area contributed by atoms with Gasteiger partial charge in [0.15, 0.2) is 0 Å². The van der Waals surface area contributed by atoms with Gasteiger partial charge >= 0.3 is 6.36 Å². The summed E-state index contributed by atoms with van der Waals surface area (Å²) in [5.74, 6) is 0.158. The Morgan fingerprint density at radius 2 is 1.86 bits per heavy atom. The van der Waals surface area contributed by atoms with Crippen LogP contribution in [0.25, 0.3) is 0 Å². The molecule has 2 aliphatic rings. The molecule has 1 saturated carbocycles. The first kappa shape index (κ1) is 15.6. The van der Waals surface area contributed by atoms with Crippen molar-refractivity contribution in [3.8, 4) is 5.75 Å². The summed E-state index contributed by atoms with van der Waals surface area (Å²) in [5.41, 5.74) is 1.69. The van der Waals surface area contributed by atoms with Gasteiger partial charge in [0.25, 0.3) is 0 Å². The quantitative estimate of drug-likeness (QED) is 0.898. The van der Waals surface area contributed by atoms with Crippen molar-refractivity contribution >= 4 is 0 Å². The Kier molecular flexibility index (Phi) is 4.59. The highest BCUT2D eigenvalue weighted by molar-refractivity contribution is 5.42. The smallest absolute Gasteiger partial charge is 0.405 e. The summed E-state index contributed by atoms with van der Waals surface area (Å²) in [6, 6.07) is 5.43. The zero-order valence-corrected chi connectivity index (χ0v) is 12.3. The topological polar surface area (TPSA) is 30.5 Å². The van der Waals surface area contributed by atoms with E-state index in [1.807, 2.05) is 6.07 Å². The van der Waals surface area contributed by atoms with Gasteiger partial charge in [0, 0.05) is 25.8 Å². The van der Waals surface area contributed by atoms with Crippen molar-refractivity contribution in [3.63, 3.8) is 0 Å². The van der Waals surface area contributed by atoms with Gasteiger partial charge < -0.3 is 14.8 Å². The van der Waals surface area contributed by atoms with Gasteiger partial charge in [0.1, 0.15) is 5.75 Å². The molecule has 2 fully saturated rings. The third-order valence-corrected chi connectivity index (χ3v) is 4.13. The predicted octanol–water partition coefficient (Wildman–Crippen LogP) is 3.73. The van der Waals surface area contributed by atoms with E-state index in [-0.39, 0.29) is 11.7 Å². The molecule has 0 atom stereocenters. The SMILES string of the molecule is FC(F)(F)Oc1ccc(CNC2CCOCC2)cc1C1CC1. The van der Waals surface area contributed by atoms with Gasteiger partial charge in [-0.2, -0.15) is 0 Å². The van der Waals surface area contributed by atoms with Crippen molar-refractivity contribution < 1.29 is 22.6 Å². The number of hydrogen-bond acceptors (Lipinski definition) is 3. The zero-order chi connectivity index (χ0) is 15.6. The Labute approximate surface area is 127 Å². The number of nitrogens with one attached hydrogen (secondary N) is 1. The Bertz CT molecular complexity index is 509. The maximum Gasteiger partial charge on any atom is 0.573 e. The van der Waals surface area contributed by atoms with Crippen LogP contribution in [0.4, 0.5) is 13.2 Å². The van der Waals surface area contributed by atoms with Gasteiger partial charge in [-0.25, -0.2) is 0 Å². The van der Waals surface area contributed by atoms with E-state index in [4.69, 9.17) is 4.74 Å². The molecule has 0 aromatic heterocycles. The average Bonchev–Trinajstić information content (AvgIpc) is 3.30. The van der Waals surface area contributed by atoms with Gasteiger partial charge in [-0.05, 0) is 48.8 Å². The van der Waals surface area contributed by atoms with Crippen LogP contribution in [0.3, 0.4) is 0 Å². The molecule has 0 spiro atoms. The number of hydrogen-bond donors (Lipinski definition) is 1. The first-order valence-corrected chi connectivity index (χ1v) is 7.71. The number of ether oxygens (including phenoxy) is 2. The highest BCUT2D eigenvalue weighted by atomic mass is 19.4. The van der Waals surface area contributed by atoms with E-state index in [0.717, 1.165) is 44.5 Å². The fourth-order valence-corrected chi connectivity index (χ4v) is 2.80. The minimum Gasteiger partial charge on any atom is -0.405 e. The van der Waals surface area contributed by atoms with Crippen molar-refractivity contribution in [3.05, 3.63) is 29.3 Å². The van der Waals surface area contributed by atoms with Crippen molar-refractivity contribution in [1.29, 1.82) is 0 Å².